The van der Waals surface area contributed by atoms with Gasteiger partial charge in [0.1, 0.15) is 13.2 Å². The van der Waals surface area contributed by atoms with Gasteiger partial charge in [-0.3, -0.25) is 9.59 Å². The predicted molar refractivity (Wildman–Crippen MR) is 142 cm³/mol. The first-order valence-electron chi connectivity index (χ1n) is 14.2. The Morgan fingerprint density at radius 3 is 1.19 bits per heavy atom. The summed E-state index contributed by atoms with van der Waals surface area (Å²) in [5, 5.41) is 39.4. The van der Waals surface area contributed by atoms with E-state index in [0.717, 1.165) is 44.9 Å². The van der Waals surface area contributed by atoms with Gasteiger partial charge in [0, 0.05) is 12.8 Å². The second-order valence-electron chi connectivity index (χ2n) is 10.5. The van der Waals surface area contributed by atoms with E-state index < -0.39 is 43.2 Å². The number of aliphatic hydroxyl groups is 4. The zero-order valence-corrected chi connectivity index (χ0v) is 23.4. The molecule has 0 aliphatic heterocycles. The molecule has 0 unspecified atom stereocenters. The maximum atomic E-state index is 12.1. The number of carbonyl (C=O) groups excluding carboxylic acids is 2. The van der Waals surface area contributed by atoms with Crippen molar-refractivity contribution in [3.63, 3.8) is 0 Å². The van der Waals surface area contributed by atoms with Crippen LogP contribution in [0.2, 0.25) is 0 Å². The van der Waals surface area contributed by atoms with E-state index in [9.17, 15) is 30.0 Å². The molecule has 0 aromatic heterocycles. The second-order valence-corrected chi connectivity index (χ2v) is 10.5. The van der Waals surface area contributed by atoms with Crippen molar-refractivity contribution in [1.29, 1.82) is 0 Å². The van der Waals surface area contributed by atoms with Crippen LogP contribution in [0, 0.1) is 10.8 Å². The number of rotatable bonds is 26. The van der Waals surface area contributed by atoms with Gasteiger partial charge >= 0.3 is 11.9 Å². The zero-order chi connectivity index (χ0) is 27.8. The molecule has 0 aliphatic rings. The van der Waals surface area contributed by atoms with Crippen LogP contribution in [0.5, 0.6) is 0 Å². The van der Waals surface area contributed by atoms with E-state index in [0.29, 0.717) is 0 Å². The molecule has 0 amide bonds. The Balaban J connectivity index is 4.47. The van der Waals surface area contributed by atoms with Gasteiger partial charge in [0.25, 0.3) is 0 Å². The summed E-state index contributed by atoms with van der Waals surface area (Å²) in [6.45, 7) is 1.58. The molecule has 0 saturated carbocycles. The summed E-state index contributed by atoms with van der Waals surface area (Å²) >= 11 is 0. The Morgan fingerprint density at radius 2 is 0.838 bits per heavy atom. The van der Waals surface area contributed by atoms with Crippen molar-refractivity contribution in [2.45, 2.75) is 104 Å². The molecule has 0 saturated heterocycles. The molecule has 0 atom stereocenters. The van der Waals surface area contributed by atoms with Gasteiger partial charge < -0.3 is 34.6 Å². The van der Waals surface area contributed by atoms with Crippen LogP contribution in [0.3, 0.4) is 0 Å². The summed E-state index contributed by atoms with van der Waals surface area (Å²) < 4.78 is 16.2. The second kappa shape index (κ2) is 22.7. The molecule has 0 spiro atoms. The lowest BCUT2D eigenvalue weighted by Gasteiger charge is -2.33. The summed E-state index contributed by atoms with van der Waals surface area (Å²) in [5.74, 6) is -0.783. The van der Waals surface area contributed by atoms with E-state index in [1.54, 1.807) is 0 Å². The maximum Gasteiger partial charge on any atom is 0.305 e. The highest BCUT2D eigenvalue weighted by Crippen LogP contribution is 2.22. The zero-order valence-electron chi connectivity index (χ0n) is 23.4. The Morgan fingerprint density at radius 1 is 0.514 bits per heavy atom. The Bertz CT molecular complexity index is 560. The van der Waals surface area contributed by atoms with Gasteiger partial charge in [-0.2, -0.15) is 0 Å². The molecule has 0 aromatic carbocycles. The fraction of sp³-hybridized carbons (Fsp3) is 0.929. The minimum absolute atomic E-state index is 0.169. The molecular formula is C28H54O9. The van der Waals surface area contributed by atoms with Crippen LogP contribution in [0.25, 0.3) is 0 Å². The first kappa shape index (κ1) is 35.7. The minimum atomic E-state index is -1.22. The number of hydrogen-bond acceptors (Lipinski definition) is 9. The van der Waals surface area contributed by atoms with Crippen molar-refractivity contribution in [2.24, 2.45) is 10.8 Å². The van der Waals surface area contributed by atoms with Crippen molar-refractivity contribution < 1.29 is 44.2 Å². The fourth-order valence-electron chi connectivity index (χ4n) is 3.74. The van der Waals surface area contributed by atoms with Crippen molar-refractivity contribution in [3.05, 3.63) is 0 Å². The number of esters is 2. The van der Waals surface area contributed by atoms with Crippen LogP contribution >= 0.6 is 0 Å². The van der Waals surface area contributed by atoms with Gasteiger partial charge in [-0.25, -0.2) is 0 Å². The third-order valence-electron chi connectivity index (χ3n) is 6.71. The summed E-state index contributed by atoms with van der Waals surface area (Å²) in [7, 11) is 0. The van der Waals surface area contributed by atoms with Gasteiger partial charge in [0.05, 0.1) is 50.5 Å². The number of hydrogen-bond donors (Lipinski definition) is 4. The average molecular weight is 535 g/mol. The Labute approximate surface area is 223 Å². The molecular weight excluding hydrogens is 480 g/mol. The lowest BCUT2D eigenvalue weighted by molar-refractivity contribution is -0.158. The molecule has 0 fully saturated rings. The SMILES string of the molecule is CCCCCCCCCCC(=O)OCC(CO)(CO)COCC(CO)(CO)COC(=O)CCCCCC. The molecule has 4 N–H and O–H groups in total. The topological polar surface area (TPSA) is 143 Å². The number of unbranched alkanes of at least 4 members (excludes halogenated alkanes) is 10. The molecule has 0 aromatic rings. The van der Waals surface area contributed by atoms with Crippen LogP contribution in [0.15, 0.2) is 0 Å². The summed E-state index contributed by atoms with van der Waals surface area (Å²) in [6, 6.07) is 0. The molecule has 220 valence electrons. The first-order valence-corrected chi connectivity index (χ1v) is 14.2. The monoisotopic (exact) mass is 534 g/mol. The summed E-state index contributed by atoms with van der Waals surface area (Å²) in [5.41, 5.74) is -2.44. The van der Waals surface area contributed by atoms with Crippen molar-refractivity contribution >= 4 is 11.9 Å². The normalized spacial score (nSPS) is 12.1. The highest BCUT2D eigenvalue weighted by atomic mass is 16.5. The van der Waals surface area contributed by atoms with Crippen molar-refractivity contribution in [2.75, 3.05) is 52.9 Å². The summed E-state index contributed by atoms with van der Waals surface area (Å²) in [4.78, 5) is 24.1. The van der Waals surface area contributed by atoms with Crippen molar-refractivity contribution in [1.82, 2.24) is 0 Å². The minimum Gasteiger partial charge on any atom is -0.465 e. The third-order valence-corrected chi connectivity index (χ3v) is 6.71. The van der Waals surface area contributed by atoms with Crippen LogP contribution in [0.4, 0.5) is 0 Å². The van der Waals surface area contributed by atoms with Gasteiger partial charge in [-0.1, -0.05) is 78.1 Å². The van der Waals surface area contributed by atoms with Crippen LogP contribution in [0.1, 0.15) is 104 Å². The molecule has 9 heteroatoms. The number of ether oxygens (including phenoxy) is 3. The smallest absolute Gasteiger partial charge is 0.305 e. The standard InChI is InChI=1S/C28H54O9/c1-3-5-7-9-10-11-12-14-16-26(34)37-24-28(19-31,20-32)22-35-21-27(17-29,18-30)23-36-25(33)15-13-8-6-4-2/h29-32H,3-24H2,1-2H3. The molecule has 0 radical (unpaired) electrons. The largest absolute Gasteiger partial charge is 0.465 e. The van der Waals surface area contributed by atoms with Crippen LogP contribution < -0.4 is 0 Å². The fourth-order valence-corrected chi connectivity index (χ4v) is 3.74. The summed E-state index contributed by atoms with van der Waals surface area (Å²) in [6.07, 6.45) is 13.3. The lowest BCUT2D eigenvalue weighted by Crippen LogP contribution is -2.44. The van der Waals surface area contributed by atoms with Crippen LogP contribution in [-0.4, -0.2) is 85.2 Å². The van der Waals surface area contributed by atoms with E-state index in [1.807, 2.05) is 0 Å². The number of carbonyl (C=O) groups is 2. The molecule has 9 nitrogen and oxygen atoms in total. The van der Waals surface area contributed by atoms with E-state index in [1.165, 1.54) is 32.1 Å². The average Bonchev–Trinajstić information content (AvgIpc) is 2.92. The maximum absolute atomic E-state index is 12.1. The van der Waals surface area contributed by atoms with Gasteiger partial charge in [-0.15, -0.1) is 0 Å². The first-order chi connectivity index (χ1) is 17.9. The number of aliphatic hydroxyl groups excluding tert-OH is 4. The van der Waals surface area contributed by atoms with Gasteiger partial charge in [-0.05, 0) is 12.8 Å². The molecule has 0 rings (SSSR count). The quantitative estimate of drug-likeness (QED) is 0.0968. The van der Waals surface area contributed by atoms with E-state index in [-0.39, 0.29) is 45.2 Å². The highest BCUT2D eigenvalue weighted by Gasteiger charge is 2.35. The van der Waals surface area contributed by atoms with Gasteiger partial charge in [0.2, 0.25) is 0 Å². The third kappa shape index (κ3) is 17.0. The van der Waals surface area contributed by atoms with Crippen LogP contribution in [-0.2, 0) is 23.8 Å². The molecule has 0 heterocycles. The van der Waals surface area contributed by atoms with E-state index in [2.05, 4.69) is 13.8 Å². The van der Waals surface area contributed by atoms with Gasteiger partial charge in [0.15, 0.2) is 0 Å². The Kier molecular flexibility index (Phi) is 21.9. The van der Waals surface area contributed by atoms with E-state index >= 15 is 0 Å². The van der Waals surface area contributed by atoms with Crippen molar-refractivity contribution in [3.8, 4) is 0 Å². The molecule has 37 heavy (non-hydrogen) atoms. The molecule has 0 bridgehead atoms. The predicted octanol–water partition coefficient (Wildman–Crippen LogP) is 3.53. The molecule has 0 aliphatic carbocycles. The lowest BCUT2D eigenvalue weighted by atomic mass is 9.90. The van der Waals surface area contributed by atoms with E-state index in [4.69, 9.17) is 14.2 Å². The Hall–Kier alpha value is -1.26. The highest BCUT2D eigenvalue weighted by molar-refractivity contribution is 5.69.